The fourth-order valence-electron chi connectivity index (χ4n) is 6.22. The molecular formula is C34H29BN2. The molecule has 2 nitrogen and oxygen atoms in total. The van der Waals surface area contributed by atoms with Crippen LogP contribution in [0, 0.1) is 27.7 Å². The molecule has 0 spiro atoms. The van der Waals surface area contributed by atoms with Crippen LogP contribution in [0.2, 0.25) is 0 Å². The lowest BCUT2D eigenvalue weighted by Crippen LogP contribution is -2.61. The molecule has 0 unspecified atom stereocenters. The van der Waals surface area contributed by atoms with Crippen LogP contribution in [0.1, 0.15) is 22.3 Å². The minimum Gasteiger partial charge on any atom is -0.311 e. The topological polar surface area (TPSA) is 6.48 Å². The van der Waals surface area contributed by atoms with E-state index in [1.807, 2.05) is 0 Å². The van der Waals surface area contributed by atoms with Crippen molar-refractivity contribution in [3.63, 3.8) is 0 Å². The zero-order valence-electron chi connectivity index (χ0n) is 21.8. The highest BCUT2D eigenvalue weighted by molar-refractivity contribution is 7.00. The summed E-state index contributed by atoms with van der Waals surface area (Å²) in [5, 5.41) is 0. The standard InChI is InChI=1S/C34H29BN2/c1-22-19-20-26(21-24(22)3)36-30-14-7-5-12-27(30)35-28-13-6-8-15-31(28)37(29-16-9-11-23(2)25(29)4)33-18-10-17-32(36)34(33)35/h5-21H,1-4H3. The number of anilines is 6. The van der Waals surface area contributed by atoms with Crippen LogP contribution >= 0.6 is 0 Å². The first kappa shape index (κ1) is 22.0. The van der Waals surface area contributed by atoms with Crippen LogP contribution in [-0.2, 0) is 0 Å². The molecule has 2 heterocycles. The Hall–Kier alpha value is -4.24. The number of fused-ring (bicyclic) bond motifs is 4. The zero-order chi connectivity index (χ0) is 25.3. The minimum absolute atomic E-state index is 0.183. The second-order valence-electron chi connectivity index (χ2n) is 10.4. The SMILES string of the molecule is Cc1ccc(N2c3ccccc3B3c4ccccc4N(c4cccc(C)c4C)c4cccc2c43)cc1C. The second kappa shape index (κ2) is 8.14. The van der Waals surface area contributed by atoms with E-state index in [1.54, 1.807) is 0 Å². The van der Waals surface area contributed by atoms with Crippen molar-refractivity contribution < 1.29 is 0 Å². The van der Waals surface area contributed by atoms with Crippen molar-refractivity contribution in [1.82, 2.24) is 0 Å². The molecule has 0 fully saturated rings. The first-order chi connectivity index (χ1) is 18.0. The number of nitrogens with zero attached hydrogens (tertiary/aromatic N) is 2. The van der Waals surface area contributed by atoms with Crippen molar-refractivity contribution >= 4 is 57.2 Å². The van der Waals surface area contributed by atoms with Crippen LogP contribution in [0.15, 0.2) is 103 Å². The van der Waals surface area contributed by atoms with Crippen LogP contribution in [0.5, 0.6) is 0 Å². The first-order valence-corrected chi connectivity index (χ1v) is 13.1. The minimum atomic E-state index is 0.183. The van der Waals surface area contributed by atoms with Gasteiger partial charge in [0.25, 0.3) is 6.71 Å². The highest BCUT2D eigenvalue weighted by Gasteiger charge is 2.42. The van der Waals surface area contributed by atoms with Crippen LogP contribution in [0.25, 0.3) is 0 Å². The number of rotatable bonds is 2. The normalized spacial score (nSPS) is 13.2. The Kier molecular flexibility index (Phi) is 4.84. The average molecular weight is 476 g/mol. The smallest absolute Gasteiger partial charge is 0.252 e. The molecule has 7 rings (SSSR count). The van der Waals surface area contributed by atoms with E-state index in [0.717, 1.165) is 0 Å². The lowest BCUT2D eigenvalue weighted by Gasteiger charge is -2.44. The molecule has 0 aromatic heterocycles. The van der Waals surface area contributed by atoms with Crippen molar-refractivity contribution in [2.75, 3.05) is 9.80 Å². The van der Waals surface area contributed by atoms with Crippen molar-refractivity contribution in [3.8, 4) is 0 Å². The van der Waals surface area contributed by atoms with Gasteiger partial charge in [0.1, 0.15) is 0 Å². The van der Waals surface area contributed by atoms with Crippen molar-refractivity contribution in [1.29, 1.82) is 0 Å². The molecule has 3 heteroatoms. The Morgan fingerprint density at radius 2 is 1.03 bits per heavy atom. The molecule has 178 valence electrons. The summed E-state index contributed by atoms with van der Waals surface area (Å²) >= 11 is 0. The summed E-state index contributed by atoms with van der Waals surface area (Å²) < 4.78 is 0. The highest BCUT2D eigenvalue weighted by Crippen LogP contribution is 2.44. The predicted molar refractivity (Wildman–Crippen MR) is 159 cm³/mol. The van der Waals surface area contributed by atoms with Gasteiger partial charge in [-0.3, -0.25) is 0 Å². The summed E-state index contributed by atoms with van der Waals surface area (Å²) in [6, 6.07) is 38.2. The summed E-state index contributed by atoms with van der Waals surface area (Å²) in [7, 11) is 0. The molecule has 0 amide bonds. The monoisotopic (exact) mass is 476 g/mol. The number of para-hydroxylation sites is 2. The molecule has 0 aliphatic carbocycles. The van der Waals surface area contributed by atoms with Crippen LogP contribution in [-0.4, -0.2) is 6.71 Å². The van der Waals surface area contributed by atoms with Gasteiger partial charge >= 0.3 is 0 Å². The molecule has 0 saturated carbocycles. The van der Waals surface area contributed by atoms with Crippen molar-refractivity contribution in [3.05, 3.63) is 125 Å². The Balaban J connectivity index is 1.57. The zero-order valence-corrected chi connectivity index (χ0v) is 21.8. The van der Waals surface area contributed by atoms with E-state index < -0.39 is 0 Å². The summed E-state index contributed by atoms with van der Waals surface area (Å²) in [5.74, 6) is 0. The molecule has 0 radical (unpaired) electrons. The molecule has 5 aromatic carbocycles. The number of hydrogen-bond donors (Lipinski definition) is 0. The predicted octanol–water partition coefficient (Wildman–Crippen LogP) is 7.00. The quantitative estimate of drug-likeness (QED) is 0.248. The van der Waals surface area contributed by atoms with Crippen LogP contribution in [0.3, 0.4) is 0 Å². The molecule has 0 atom stereocenters. The maximum atomic E-state index is 2.49. The van der Waals surface area contributed by atoms with Gasteiger partial charge in [0.15, 0.2) is 0 Å². The summed E-state index contributed by atoms with van der Waals surface area (Å²) in [5.41, 5.74) is 16.8. The third-order valence-corrected chi connectivity index (χ3v) is 8.37. The van der Waals surface area contributed by atoms with Gasteiger partial charge in [-0.25, -0.2) is 0 Å². The van der Waals surface area contributed by atoms with Crippen molar-refractivity contribution in [2.24, 2.45) is 0 Å². The summed E-state index contributed by atoms with van der Waals surface area (Å²) in [6.45, 7) is 9.02. The molecule has 2 aliphatic rings. The number of aryl methyl sites for hydroxylation is 3. The second-order valence-corrected chi connectivity index (χ2v) is 10.4. The molecule has 0 bridgehead atoms. The molecular weight excluding hydrogens is 447 g/mol. The summed E-state index contributed by atoms with van der Waals surface area (Å²) in [4.78, 5) is 4.95. The van der Waals surface area contributed by atoms with Gasteiger partial charge < -0.3 is 9.80 Å². The van der Waals surface area contributed by atoms with E-state index in [-0.39, 0.29) is 6.71 Å². The Morgan fingerprint density at radius 1 is 0.459 bits per heavy atom. The maximum Gasteiger partial charge on any atom is 0.252 e. The molecule has 37 heavy (non-hydrogen) atoms. The fourth-order valence-corrected chi connectivity index (χ4v) is 6.22. The lowest BCUT2D eigenvalue weighted by atomic mass is 9.33. The fraction of sp³-hybridized carbons (Fsp3) is 0.118. The van der Waals surface area contributed by atoms with Gasteiger partial charge in [-0.15, -0.1) is 0 Å². The van der Waals surface area contributed by atoms with E-state index in [0.29, 0.717) is 0 Å². The molecule has 2 aliphatic heterocycles. The van der Waals surface area contributed by atoms with E-state index in [2.05, 4.69) is 141 Å². The van der Waals surface area contributed by atoms with Gasteiger partial charge in [0.05, 0.1) is 0 Å². The average Bonchev–Trinajstić information content (AvgIpc) is 2.92. The molecule has 0 saturated heterocycles. The third kappa shape index (κ3) is 3.13. The third-order valence-electron chi connectivity index (χ3n) is 8.37. The lowest BCUT2D eigenvalue weighted by molar-refractivity contribution is 1.21. The highest BCUT2D eigenvalue weighted by atomic mass is 15.2. The van der Waals surface area contributed by atoms with Crippen molar-refractivity contribution in [2.45, 2.75) is 27.7 Å². The van der Waals surface area contributed by atoms with Gasteiger partial charge in [0.2, 0.25) is 0 Å². The van der Waals surface area contributed by atoms with E-state index in [4.69, 9.17) is 0 Å². The van der Waals surface area contributed by atoms with E-state index in [9.17, 15) is 0 Å². The largest absolute Gasteiger partial charge is 0.311 e. The maximum absolute atomic E-state index is 2.49. The van der Waals surface area contributed by atoms with Gasteiger partial charge in [-0.2, -0.15) is 0 Å². The van der Waals surface area contributed by atoms with Gasteiger partial charge in [-0.05, 0) is 109 Å². The van der Waals surface area contributed by atoms with E-state index >= 15 is 0 Å². The number of hydrogen-bond acceptors (Lipinski definition) is 2. The van der Waals surface area contributed by atoms with Gasteiger partial charge in [-0.1, -0.05) is 60.7 Å². The summed E-state index contributed by atoms with van der Waals surface area (Å²) in [6.07, 6.45) is 0. The van der Waals surface area contributed by atoms with Gasteiger partial charge in [0, 0.05) is 34.1 Å². The Bertz CT molecular complexity index is 1700. The number of benzene rings is 5. The Labute approximate surface area is 219 Å². The van der Waals surface area contributed by atoms with Crippen LogP contribution in [0.4, 0.5) is 34.1 Å². The van der Waals surface area contributed by atoms with E-state index in [1.165, 1.54) is 72.8 Å². The van der Waals surface area contributed by atoms with Crippen LogP contribution < -0.4 is 26.2 Å². The molecule has 0 N–H and O–H groups in total. The molecule has 5 aromatic rings. The first-order valence-electron chi connectivity index (χ1n) is 13.1. The Morgan fingerprint density at radius 3 is 1.73 bits per heavy atom.